The predicted octanol–water partition coefficient (Wildman–Crippen LogP) is 7.45. The van der Waals surface area contributed by atoms with Crippen molar-refractivity contribution in [2.45, 2.75) is 125 Å². The first kappa shape index (κ1) is 30.9. The molecular formula is C28H61N3. The van der Waals surface area contributed by atoms with E-state index in [0.29, 0.717) is 0 Å². The number of rotatable bonds is 25. The molecule has 0 saturated carbocycles. The molecule has 0 fully saturated rings. The van der Waals surface area contributed by atoms with Gasteiger partial charge in [-0.15, -0.1) is 0 Å². The summed E-state index contributed by atoms with van der Waals surface area (Å²) in [7, 11) is 0. The Morgan fingerprint density at radius 2 is 0.581 bits per heavy atom. The van der Waals surface area contributed by atoms with Crippen LogP contribution in [0.5, 0.6) is 0 Å². The molecule has 3 nitrogen and oxygen atoms in total. The van der Waals surface area contributed by atoms with Crippen LogP contribution in [-0.4, -0.2) is 73.6 Å². The number of nitrogens with zero attached hydrogens (tertiary/aromatic N) is 3. The van der Waals surface area contributed by atoms with Gasteiger partial charge in [-0.1, -0.05) is 118 Å². The van der Waals surface area contributed by atoms with Crippen LogP contribution in [0.2, 0.25) is 0 Å². The highest BCUT2D eigenvalue weighted by Crippen LogP contribution is 2.13. The Labute approximate surface area is 198 Å². The SMILES string of the molecule is CCCCCCCCCCCCCCCCN(CCN(CC)CC)CCN(CC)CC. The van der Waals surface area contributed by atoms with Crippen LogP contribution in [-0.2, 0) is 0 Å². The summed E-state index contributed by atoms with van der Waals surface area (Å²) in [5.74, 6) is 0. The number of hydrogen-bond donors (Lipinski definition) is 0. The summed E-state index contributed by atoms with van der Waals surface area (Å²) in [6.07, 6.45) is 20.2. The van der Waals surface area contributed by atoms with Crippen molar-refractivity contribution in [3.05, 3.63) is 0 Å². The average molecular weight is 440 g/mol. The Balaban J connectivity index is 3.77. The van der Waals surface area contributed by atoms with E-state index in [1.165, 1.54) is 149 Å². The number of likely N-dealkylation sites (N-methyl/N-ethyl adjacent to an activating group) is 2. The lowest BCUT2D eigenvalue weighted by molar-refractivity contribution is 0.183. The third kappa shape index (κ3) is 20.2. The van der Waals surface area contributed by atoms with E-state index in [4.69, 9.17) is 0 Å². The largest absolute Gasteiger partial charge is 0.303 e. The molecule has 0 aliphatic carbocycles. The van der Waals surface area contributed by atoms with Crippen LogP contribution in [0.25, 0.3) is 0 Å². The van der Waals surface area contributed by atoms with Crippen molar-refractivity contribution in [1.82, 2.24) is 14.7 Å². The molecular weight excluding hydrogens is 378 g/mol. The van der Waals surface area contributed by atoms with Crippen molar-refractivity contribution in [3.63, 3.8) is 0 Å². The smallest absolute Gasteiger partial charge is 0.0110 e. The molecule has 31 heavy (non-hydrogen) atoms. The van der Waals surface area contributed by atoms with Gasteiger partial charge in [0.25, 0.3) is 0 Å². The van der Waals surface area contributed by atoms with Gasteiger partial charge in [0.05, 0.1) is 0 Å². The summed E-state index contributed by atoms with van der Waals surface area (Å²) in [4.78, 5) is 7.86. The van der Waals surface area contributed by atoms with Gasteiger partial charge in [-0.3, -0.25) is 0 Å². The van der Waals surface area contributed by atoms with E-state index >= 15 is 0 Å². The molecule has 0 aliphatic heterocycles. The third-order valence-corrected chi connectivity index (χ3v) is 7.08. The van der Waals surface area contributed by atoms with Crippen molar-refractivity contribution < 1.29 is 0 Å². The maximum absolute atomic E-state index is 2.73. The molecule has 0 amide bonds. The van der Waals surface area contributed by atoms with Crippen LogP contribution >= 0.6 is 0 Å². The van der Waals surface area contributed by atoms with E-state index in [1.807, 2.05) is 0 Å². The fourth-order valence-electron chi connectivity index (χ4n) is 4.51. The van der Waals surface area contributed by atoms with Gasteiger partial charge in [-0.25, -0.2) is 0 Å². The van der Waals surface area contributed by atoms with E-state index in [0.717, 1.165) is 0 Å². The van der Waals surface area contributed by atoms with E-state index in [1.54, 1.807) is 0 Å². The van der Waals surface area contributed by atoms with Crippen molar-refractivity contribution in [2.75, 3.05) is 58.9 Å². The Morgan fingerprint density at radius 1 is 0.290 bits per heavy atom. The predicted molar refractivity (Wildman–Crippen MR) is 142 cm³/mol. The van der Waals surface area contributed by atoms with Crippen molar-refractivity contribution in [1.29, 1.82) is 0 Å². The summed E-state index contributed by atoms with van der Waals surface area (Å²) in [5.41, 5.74) is 0. The monoisotopic (exact) mass is 439 g/mol. The second-order valence-electron chi connectivity index (χ2n) is 9.49. The first-order chi connectivity index (χ1) is 15.2. The Kier molecular flexibility index (Phi) is 24.4. The molecule has 0 aromatic heterocycles. The maximum atomic E-state index is 2.73. The van der Waals surface area contributed by atoms with Crippen molar-refractivity contribution >= 4 is 0 Å². The van der Waals surface area contributed by atoms with E-state index in [9.17, 15) is 0 Å². The topological polar surface area (TPSA) is 9.72 Å². The van der Waals surface area contributed by atoms with Crippen LogP contribution in [0.1, 0.15) is 125 Å². The molecule has 0 aromatic rings. The average Bonchev–Trinajstić information content (AvgIpc) is 2.79. The van der Waals surface area contributed by atoms with Gasteiger partial charge >= 0.3 is 0 Å². The summed E-state index contributed by atoms with van der Waals surface area (Å²) in [6.45, 7) is 22.4. The normalized spacial score (nSPS) is 12.0. The van der Waals surface area contributed by atoms with Gasteiger partial charge in [0.1, 0.15) is 0 Å². The Morgan fingerprint density at radius 3 is 0.903 bits per heavy atom. The van der Waals surface area contributed by atoms with Crippen LogP contribution < -0.4 is 0 Å². The summed E-state index contributed by atoms with van der Waals surface area (Å²) in [5, 5.41) is 0. The van der Waals surface area contributed by atoms with E-state index in [-0.39, 0.29) is 0 Å². The van der Waals surface area contributed by atoms with E-state index < -0.39 is 0 Å². The summed E-state index contributed by atoms with van der Waals surface area (Å²) >= 11 is 0. The van der Waals surface area contributed by atoms with Gasteiger partial charge < -0.3 is 14.7 Å². The number of hydrogen-bond acceptors (Lipinski definition) is 3. The van der Waals surface area contributed by atoms with Crippen LogP contribution in [0.4, 0.5) is 0 Å². The highest BCUT2D eigenvalue weighted by Gasteiger charge is 2.09. The lowest BCUT2D eigenvalue weighted by Gasteiger charge is -2.28. The molecule has 0 bridgehead atoms. The standard InChI is InChI=1S/C28H61N3/c1-6-11-12-13-14-15-16-17-18-19-20-21-22-23-24-31(27-25-29(7-2)8-3)28-26-30(9-4)10-5/h6-28H2,1-5H3. The fourth-order valence-corrected chi connectivity index (χ4v) is 4.51. The maximum Gasteiger partial charge on any atom is 0.0110 e. The molecule has 0 aliphatic rings. The molecule has 0 saturated heterocycles. The summed E-state index contributed by atoms with van der Waals surface area (Å²) in [6, 6.07) is 0. The van der Waals surface area contributed by atoms with Gasteiger partial charge in [0.2, 0.25) is 0 Å². The van der Waals surface area contributed by atoms with Crippen molar-refractivity contribution in [3.8, 4) is 0 Å². The third-order valence-electron chi connectivity index (χ3n) is 7.08. The molecule has 0 rings (SSSR count). The second kappa shape index (κ2) is 24.5. The zero-order valence-corrected chi connectivity index (χ0v) is 22.6. The van der Waals surface area contributed by atoms with Crippen LogP contribution in [0.3, 0.4) is 0 Å². The minimum atomic E-state index is 1.18. The molecule has 0 atom stereocenters. The molecule has 188 valence electrons. The highest BCUT2D eigenvalue weighted by molar-refractivity contribution is 4.65. The van der Waals surface area contributed by atoms with Gasteiger partial charge in [-0.2, -0.15) is 0 Å². The first-order valence-electron chi connectivity index (χ1n) is 14.4. The Bertz CT molecular complexity index is 310. The van der Waals surface area contributed by atoms with Gasteiger partial charge in [0, 0.05) is 26.2 Å². The Hall–Kier alpha value is -0.120. The highest BCUT2D eigenvalue weighted by atomic mass is 15.2. The van der Waals surface area contributed by atoms with Crippen LogP contribution in [0, 0.1) is 0 Å². The lowest BCUT2D eigenvalue weighted by Crippen LogP contribution is -2.40. The lowest BCUT2D eigenvalue weighted by atomic mass is 10.0. The molecule has 0 unspecified atom stereocenters. The summed E-state index contributed by atoms with van der Waals surface area (Å²) < 4.78 is 0. The minimum Gasteiger partial charge on any atom is -0.303 e. The van der Waals surface area contributed by atoms with Crippen LogP contribution in [0.15, 0.2) is 0 Å². The van der Waals surface area contributed by atoms with Gasteiger partial charge in [0.15, 0.2) is 0 Å². The second-order valence-corrected chi connectivity index (χ2v) is 9.49. The molecule has 0 heterocycles. The molecule has 0 N–H and O–H groups in total. The first-order valence-corrected chi connectivity index (χ1v) is 14.4. The number of unbranched alkanes of at least 4 members (excludes halogenated alkanes) is 13. The molecule has 0 spiro atoms. The molecule has 3 heteroatoms. The molecule has 0 aromatic carbocycles. The zero-order chi connectivity index (χ0) is 23.0. The molecule has 0 radical (unpaired) electrons. The van der Waals surface area contributed by atoms with Crippen molar-refractivity contribution in [2.24, 2.45) is 0 Å². The van der Waals surface area contributed by atoms with E-state index in [2.05, 4.69) is 49.3 Å². The minimum absolute atomic E-state index is 1.18. The zero-order valence-electron chi connectivity index (χ0n) is 22.6. The van der Waals surface area contributed by atoms with Gasteiger partial charge in [-0.05, 0) is 39.1 Å². The fraction of sp³-hybridized carbons (Fsp3) is 1.00. The quantitative estimate of drug-likeness (QED) is 0.137.